The lowest BCUT2D eigenvalue weighted by atomic mass is 9.92. The number of rotatable bonds is 4. The maximum Gasteiger partial charge on any atom is 0.0117 e. The first kappa shape index (κ1) is 12.9. The third-order valence-electron chi connectivity index (χ3n) is 4.57. The van der Waals surface area contributed by atoms with Gasteiger partial charge < -0.3 is 5.73 Å². The van der Waals surface area contributed by atoms with Crippen LogP contribution in [0.5, 0.6) is 0 Å². The second kappa shape index (κ2) is 5.92. The largest absolute Gasteiger partial charge is 0.327 e. The van der Waals surface area contributed by atoms with Crippen LogP contribution in [0.4, 0.5) is 0 Å². The topological polar surface area (TPSA) is 26.0 Å². The number of hydrogen-bond donors (Lipinski definition) is 1. The molecule has 2 aliphatic rings. The Morgan fingerprint density at radius 3 is 2.68 bits per heavy atom. The normalized spacial score (nSPS) is 19.9. The maximum absolute atomic E-state index is 6.34. The molecule has 2 N–H and O–H groups in total. The van der Waals surface area contributed by atoms with Gasteiger partial charge in [0, 0.05) is 6.04 Å². The zero-order chi connectivity index (χ0) is 13.1. The van der Waals surface area contributed by atoms with Crippen LogP contribution < -0.4 is 5.73 Å². The lowest BCUT2D eigenvalue weighted by Gasteiger charge is -2.17. The summed E-state index contributed by atoms with van der Waals surface area (Å²) in [5.41, 5.74) is 12.5. The first-order chi connectivity index (χ1) is 9.31. The first-order valence-electron chi connectivity index (χ1n) is 7.85. The van der Waals surface area contributed by atoms with Crippen molar-refractivity contribution >= 4 is 0 Å². The van der Waals surface area contributed by atoms with Crippen LogP contribution >= 0.6 is 0 Å². The molecule has 0 radical (unpaired) electrons. The number of aryl methyl sites for hydroxylation is 2. The van der Waals surface area contributed by atoms with E-state index in [1.807, 2.05) is 0 Å². The molecule has 19 heavy (non-hydrogen) atoms. The van der Waals surface area contributed by atoms with Gasteiger partial charge in [0.1, 0.15) is 0 Å². The van der Waals surface area contributed by atoms with Crippen molar-refractivity contribution in [1.29, 1.82) is 0 Å². The van der Waals surface area contributed by atoms with E-state index in [-0.39, 0.29) is 0 Å². The van der Waals surface area contributed by atoms with Crippen LogP contribution in [-0.2, 0) is 19.3 Å². The fourth-order valence-electron chi connectivity index (χ4n) is 3.55. The Morgan fingerprint density at radius 1 is 0.947 bits per heavy atom. The second-order valence-corrected chi connectivity index (χ2v) is 6.23. The van der Waals surface area contributed by atoms with Crippen LogP contribution in [0.3, 0.4) is 0 Å². The van der Waals surface area contributed by atoms with Gasteiger partial charge in [-0.25, -0.2) is 0 Å². The average Bonchev–Trinajstić information content (AvgIpc) is 2.87. The lowest BCUT2D eigenvalue weighted by molar-refractivity contribution is 0.605. The number of benzene rings is 1. The standard InChI is InChI=1S/C18H25N/c19-18(12-14-5-2-1-3-6-14)13-15-9-10-16-7-4-8-17(16)11-15/h5,9-11,18H,1-4,6-8,12-13,19H2. The predicted molar refractivity (Wildman–Crippen MR) is 81.3 cm³/mol. The first-order valence-corrected chi connectivity index (χ1v) is 7.85. The molecule has 0 saturated carbocycles. The van der Waals surface area contributed by atoms with Crippen LogP contribution in [0.2, 0.25) is 0 Å². The molecule has 0 fully saturated rings. The fourth-order valence-corrected chi connectivity index (χ4v) is 3.55. The van der Waals surface area contributed by atoms with E-state index in [2.05, 4.69) is 24.3 Å². The lowest BCUT2D eigenvalue weighted by Crippen LogP contribution is -2.23. The summed E-state index contributed by atoms with van der Waals surface area (Å²) < 4.78 is 0. The predicted octanol–water partition coefficient (Wildman–Crippen LogP) is 3.94. The minimum absolute atomic E-state index is 0.295. The third kappa shape index (κ3) is 3.27. The molecular weight excluding hydrogens is 230 g/mol. The Bertz CT molecular complexity index is 473. The van der Waals surface area contributed by atoms with Crippen molar-refractivity contribution < 1.29 is 0 Å². The Balaban J connectivity index is 1.59. The van der Waals surface area contributed by atoms with Crippen molar-refractivity contribution in [2.75, 3.05) is 0 Å². The molecule has 0 spiro atoms. The Morgan fingerprint density at radius 2 is 1.84 bits per heavy atom. The zero-order valence-electron chi connectivity index (χ0n) is 11.8. The summed E-state index contributed by atoms with van der Waals surface area (Å²) >= 11 is 0. The van der Waals surface area contributed by atoms with Gasteiger partial charge in [-0.2, -0.15) is 0 Å². The molecule has 0 bridgehead atoms. The summed E-state index contributed by atoms with van der Waals surface area (Å²) in [7, 11) is 0. The van der Waals surface area contributed by atoms with Crippen LogP contribution in [0, 0.1) is 0 Å². The van der Waals surface area contributed by atoms with Gasteiger partial charge in [-0.15, -0.1) is 0 Å². The van der Waals surface area contributed by atoms with Gasteiger partial charge in [0.25, 0.3) is 0 Å². The van der Waals surface area contributed by atoms with E-state index in [0.717, 1.165) is 12.8 Å². The smallest absolute Gasteiger partial charge is 0.0117 e. The van der Waals surface area contributed by atoms with E-state index in [1.165, 1.54) is 50.5 Å². The Hall–Kier alpha value is -1.08. The van der Waals surface area contributed by atoms with Crippen LogP contribution in [0.25, 0.3) is 0 Å². The van der Waals surface area contributed by atoms with Gasteiger partial charge in [-0.3, -0.25) is 0 Å². The van der Waals surface area contributed by atoms with Crippen molar-refractivity contribution in [2.24, 2.45) is 5.73 Å². The van der Waals surface area contributed by atoms with Gasteiger partial charge in [0.05, 0.1) is 0 Å². The van der Waals surface area contributed by atoms with Crippen molar-refractivity contribution in [3.8, 4) is 0 Å². The third-order valence-corrected chi connectivity index (χ3v) is 4.57. The van der Waals surface area contributed by atoms with Crippen LogP contribution in [0.15, 0.2) is 29.8 Å². The maximum atomic E-state index is 6.34. The molecule has 1 nitrogen and oxygen atoms in total. The van der Waals surface area contributed by atoms with Crippen molar-refractivity contribution in [3.05, 3.63) is 46.5 Å². The van der Waals surface area contributed by atoms with E-state index >= 15 is 0 Å². The highest BCUT2D eigenvalue weighted by molar-refractivity contribution is 5.35. The van der Waals surface area contributed by atoms with E-state index in [4.69, 9.17) is 5.73 Å². The SMILES string of the molecule is NC(CC1=CCCCC1)Cc1ccc2c(c1)CCC2. The summed E-state index contributed by atoms with van der Waals surface area (Å²) in [5.74, 6) is 0. The molecule has 1 unspecified atom stereocenters. The summed E-state index contributed by atoms with van der Waals surface area (Å²) in [6.07, 6.45) is 13.7. The second-order valence-electron chi connectivity index (χ2n) is 6.23. The fraction of sp³-hybridized carbons (Fsp3) is 0.556. The summed E-state index contributed by atoms with van der Waals surface area (Å²) in [4.78, 5) is 0. The zero-order valence-corrected chi connectivity index (χ0v) is 11.8. The molecule has 1 atom stereocenters. The highest BCUT2D eigenvalue weighted by atomic mass is 14.6. The Kier molecular flexibility index (Phi) is 4.03. The van der Waals surface area contributed by atoms with E-state index in [0.29, 0.717) is 6.04 Å². The monoisotopic (exact) mass is 255 g/mol. The van der Waals surface area contributed by atoms with Crippen LogP contribution in [0.1, 0.15) is 55.2 Å². The molecule has 0 aromatic heterocycles. The minimum atomic E-state index is 0.295. The highest BCUT2D eigenvalue weighted by Gasteiger charge is 2.13. The van der Waals surface area contributed by atoms with Crippen LogP contribution in [-0.4, -0.2) is 6.04 Å². The van der Waals surface area contributed by atoms with Gasteiger partial charge in [-0.1, -0.05) is 29.8 Å². The molecule has 3 rings (SSSR count). The highest BCUT2D eigenvalue weighted by Crippen LogP contribution is 2.25. The summed E-state index contributed by atoms with van der Waals surface area (Å²) in [6.45, 7) is 0. The molecule has 102 valence electrons. The average molecular weight is 255 g/mol. The number of hydrogen-bond acceptors (Lipinski definition) is 1. The molecule has 1 heteroatoms. The van der Waals surface area contributed by atoms with Gasteiger partial charge in [0.2, 0.25) is 0 Å². The van der Waals surface area contributed by atoms with Crippen molar-refractivity contribution in [3.63, 3.8) is 0 Å². The summed E-state index contributed by atoms with van der Waals surface area (Å²) in [6, 6.07) is 7.31. The molecule has 1 aromatic carbocycles. The number of allylic oxidation sites excluding steroid dienone is 1. The van der Waals surface area contributed by atoms with Gasteiger partial charge in [0.15, 0.2) is 0 Å². The van der Waals surface area contributed by atoms with Gasteiger partial charge >= 0.3 is 0 Å². The Labute approximate surface area is 116 Å². The number of nitrogens with two attached hydrogens (primary N) is 1. The minimum Gasteiger partial charge on any atom is -0.327 e. The summed E-state index contributed by atoms with van der Waals surface area (Å²) in [5, 5.41) is 0. The molecule has 1 aromatic rings. The number of fused-ring (bicyclic) bond motifs is 1. The van der Waals surface area contributed by atoms with E-state index in [1.54, 1.807) is 16.7 Å². The molecule has 0 saturated heterocycles. The van der Waals surface area contributed by atoms with Crippen molar-refractivity contribution in [2.45, 2.75) is 63.8 Å². The molecule has 0 heterocycles. The van der Waals surface area contributed by atoms with Gasteiger partial charge in [-0.05, 0) is 74.5 Å². The molecule has 0 amide bonds. The van der Waals surface area contributed by atoms with E-state index < -0.39 is 0 Å². The molecule has 0 aliphatic heterocycles. The van der Waals surface area contributed by atoms with Crippen molar-refractivity contribution in [1.82, 2.24) is 0 Å². The molecular formula is C18H25N. The van der Waals surface area contributed by atoms with E-state index in [9.17, 15) is 0 Å². The molecule has 2 aliphatic carbocycles. The quantitative estimate of drug-likeness (QED) is 0.810.